The van der Waals surface area contributed by atoms with E-state index < -0.39 is 0 Å². The summed E-state index contributed by atoms with van der Waals surface area (Å²) in [5.74, 6) is 0.861. The predicted octanol–water partition coefficient (Wildman–Crippen LogP) is 2.19. The molecule has 19 heavy (non-hydrogen) atoms. The highest BCUT2D eigenvalue weighted by molar-refractivity contribution is 5.30. The quantitative estimate of drug-likeness (QED) is 0.886. The van der Waals surface area contributed by atoms with Crippen LogP contribution in [0.5, 0.6) is 5.75 Å². The molecule has 0 bridgehead atoms. The van der Waals surface area contributed by atoms with Crippen LogP contribution in [0.4, 0.5) is 0 Å². The molecule has 1 aromatic rings. The SMILES string of the molecule is CCOc1cccc(C2OC(CO)CN2C(C)C)c1. The van der Waals surface area contributed by atoms with Crippen molar-refractivity contribution < 1.29 is 14.6 Å². The molecule has 1 aliphatic heterocycles. The van der Waals surface area contributed by atoms with Crippen molar-refractivity contribution in [3.8, 4) is 5.75 Å². The Morgan fingerprint density at radius 1 is 1.47 bits per heavy atom. The molecule has 0 saturated carbocycles. The summed E-state index contributed by atoms with van der Waals surface area (Å²) in [5.41, 5.74) is 1.08. The molecular weight excluding hydrogens is 242 g/mol. The lowest BCUT2D eigenvalue weighted by Gasteiger charge is -2.26. The maximum absolute atomic E-state index is 9.29. The van der Waals surface area contributed by atoms with Crippen LogP contribution >= 0.6 is 0 Å². The Labute approximate surface area is 114 Å². The fraction of sp³-hybridized carbons (Fsp3) is 0.600. The van der Waals surface area contributed by atoms with E-state index in [9.17, 15) is 5.11 Å². The van der Waals surface area contributed by atoms with Gasteiger partial charge in [-0.3, -0.25) is 4.90 Å². The largest absolute Gasteiger partial charge is 0.494 e. The van der Waals surface area contributed by atoms with Crippen LogP contribution in [0.2, 0.25) is 0 Å². The summed E-state index contributed by atoms with van der Waals surface area (Å²) in [6.45, 7) is 7.73. The van der Waals surface area contributed by atoms with E-state index in [2.05, 4.69) is 18.7 Å². The lowest BCUT2D eigenvalue weighted by molar-refractivity contribution is -0.0267. The van der Waals surface area contributed by atoms with Crippen molar-refractivity contribution in [2.24, 2.45) is 0 Å². The van der Waals surface area contributed by atoms with Crippen LogP contribution in [0, 0.1) is 0 Å². The van der Waals surface area contributed by atoms with E-state index >= 15 is 0 Å². The summed E-state index contributed by atoms with van der Waals surface area (Å²) in [5, 5.41) is 9.29. The van der Waals surface area contributed by atoms with Gasteiger partial charge < -0.3 is 14.6 Å². The van der Waals surface area contributed by atoms with Gasteiger partial charge in [0.2, 0.25) is 0 Å². The summed E-state index contributed by atoms with van der Waals surface area (Å²) in [7, 11) is 0. The zero-order chi connectivity index (χ0) is 13.8. The third-order valence-electron chi connectivity index (χ3n) is 3.36. The molecule has 2 unspecified atom stereocenters. The van der Waals surface area contributed by atoms with Crippen LogP contribution in [0.15, 0.2) is 24.3 Å². The lowest BCUT2D eigenvalue weighted by atomic mass is 10.1. The van der Waals surface area contributed by atoms with Crippen LogP contribution < -0.4 is 4.74 Å². The molecule has 1 N–H and O–H groups in total. The lowest BCUT2D eigenvalue weighted by Crippen LogP contribution is -2.32. The molecule has 1 fully saturated rings. The van der Waals surface area contributed by atoms with E-state index in [4.69, 9.17) is 9.47 Å². The second kappa shape index (κ2) is 6.37. The molecule has 0 aromatic heterocycles. The normalized spacial score (nSPS) is 24.1. The summed E-state index contributed by atoms with van der Waals surface area (Å²) < 4.78 is 11.5. The molecule has 4 nitrogen and oxygen atoms in total. The number of ether oxygens (including phenoxy) is 2. The first kappa shape index (κ1) is 14.3. The molecule has 1 aliphatic rings. The van der Waals surface area contributed by atoms with Gasteiger partial charge in [0.1, 0.15) is 12.0 Å². The van der Waals surface area contributed by atoms with Gasteiger partial charge in [0, 0.05) is 12.6 Å². The maximum Gasteiger partial charge on any atom is 0.137 e. The van der Waals surface area contributed by atoms with Crippen molar-refractivity contribution in [2.75, 3.05) is 19.8 Å². The van der Waals surface area contributed by atoms with Gasteiger partial charge in [-0.25, -0.2) is 0 Å². The average Bonchev–Trinajstić information content (AvgIpc) is 2.84. The molecule has 0 aliphatic carbocycles. The van der Waals surface area contributed by atoms with Gasteiger partial charge in [0.25, 0.3) is 0 Å². The highest BCUT2D eigenvalue weighted by Gasteiger charge is 2.35. The highest BCUT2D eigenvalue weighted by Crippen LogP contribution is 2.33. The van der Waals surface area contributed by atoms with Crippen molar-refractivity contribution >= 4 is 0 Å². The zero-order valence-electron chi connectivity index (χ0n) is 11.9. The molecule has 1 aromatic carbocycles. The summed E-state index contributed by atoms with van der Waals surface area (Å²) in [6.07, 6.45) is -0.208. The van der Waals surface area contributed by atoms with Crippen molar-refractivity contribution in [1.82, 2.24) is 4.90 Å². The van der Waals surface area contributed by atoms with Gasteiger partial charge in [-0.2, -0.15) is 0 Å². The Morgan fingerprint density at radius 3 is 2.89 bits per heavy atom. The van der Waals surface area contributed by atoms with E-state index in [0.29, 0.717) is 12.6 Å². The fourth-order valence-electron chi connectivity index (χ4n) is 2.41. The first-order chi connectivity index (χ1) is 9.15. The van der Waals surface area contributed by atoms with Crippen LogP contribution in [-0.4, -0.2) is 41.9 Å². The first-order valence-corrected chi connectivity index (χ1v) is 6.90. The number of hydrogen-bond donors (Lipinski definition) is 1. The molecule has 0 spiro atoms. The molecule has 0 amide bonds. The third-order valence-corrected chi connectivity index (χ3v) is 3.36. The second-order valence-corrected chi connectivity index (χ2v) is 5.09. The molecule has 106 valence electrons. The van der Waals surface area contributed by atoms with Crippen LogP contribution in [0.25, 0.3) is 0 Å². The molecule has 0 radical (unpaired) electrons. The van der Waals surface area contributed by atoms with Crippen LogP contribution in [0.3, 0.4) is 0 Å². The number of hydrogen-bond acceptors (Lipinski definition) is 4. The Hall–Kier alpha value is -1.10. The topological polar surface area (TPSA) is 41.9 Å². The maximum atomic E-state index is 9.29. The van der Waals surface area contributed by atoms with Gasteiger partial charge in [0.05, 0.1) is 19.3 Å². The standard InChI is InChI=1S/C15H23NO3/c1-4-18-13-7-5-6-12(8-13)15-16(11(2)3)9-14(10-17)19-15/h5-8,11,14-15,17H,4,9-10H2,1-3H3. The van der Waals surface area contributed by atoms with E-state index in [1.54, 1.807) is 0 Å². The third kappa shape index (κ3) is 3.26. The van der Waals surface area contributed by atoms with E-state index in [1.165, 1.54) is 0 Å². The minimum Gasteiger partial charge on any atom is -0.494 e. The number of aliphatic hydroxyl groups is 1. The van der Waals surface area contributed by atoms with Crippen LogP contribution in [-0.2, 0) is 4.74 Å². The summed E-state index contributed by atoms with van der Waals surface area (Å²) in [6, 6.07) is 8.36. The minimum atomic E-state index is -0.108. The zero-order valence-corrected chi connectivity index (χ0v) is 11.9. The molecule has 1 saturated heterocycles. The van der Waals surface area contributed by atoms with Gasteiger partial charge in [-0.15, -0.1) is 0 Å². The second-order valence-electron chi connectivity index (χ2n) is 5.09. The number of nitrogens with zero attached hydrogens (tertiary/aromatic N) is 1. The van der Waals surface area contributed by atoms with Crippen molar-refractivity contribution in [1.29, 1.82) is 0 Å². The minimum absolute atomic E-state index is 0.0604. The first-order valence-electron chi connectivity index (χ1n) is 6.90. The van der Waals surface area contributed by atoms with Gasteiger partial charge >= 0.3 is 0 Å². The summed E-state index contributed by atoms with van der Waals surface area (Å²) in [4.78, 5) is 2.26. The van der Waals surface area contributed by atoms with Crippen molar-refractivity contribution in [2.45, 2.75) is 39.1 Å². The average molecular weight is 265 g/mol. The highest BCUT2D eigenvalue weighted by atomic mass is 16.5. The van der Waals surface area contributed by atoms with E-state index in [0.717, 1.165) is 17.9 Å². The Morgan fingerprint density at radius 2 is 2.26 bits per heavy atom. The Balaban J connectivity index is 2.20. The van der Waals surface area contributed by atoms with Crippen molar-refractivity contribution in [3.05, 3.63) is 29.8 Å². The van der Waals surface area contributed by atoms with Gasteiger partial charge in [-0.1, -0.05) is 12.1 Å². The molecule has 2 rings (SSSR count). The monoisotopic (exact) mass is 265 g/mol. The van der Waals surface area contributed by atoms with E-state index in [1.807, 2.05) is 31.2 Å². The fourth-order valence-corrected chi connectivity index (χ4v) is 2.41. The van der Waals surface area contributed by atoms with Gasteiger partial charge in [-0.05, 0) is 38.5 Å². The molecule has 4 heteroatoms. The molecule has 2 atom stereocenters. The summed E-state index contributed by atoms with van der Waals surface area (Å²) >= 11 is 0. The Kier molecular flexibility index (Phi) is 4.80. The van der Waals surface area contributed by atoms with Gasteiger partial charge in [0.15, 0.2) is 0 Å². The van der Waals surface area contributed by atoms with Crippen molar-refractivity contribution in [3.63, 3.8) is 0 Å². The number of rotatable bonds is 5. The van der Waals surface area contributed by atoms with Crippen LogP contribution in [0.1, 0.15) is 32.6 Å². The van der Waals surface area contributed by atoms with E-state index in [-0.39, 0.29) is 18.9 Å². The smallest absolute Gasteiger partial charge is 0.137 e. The number of aliphatic hydroxyl groups excluding tert-OH is 1. The molecular formula is C15H23NO3. The predicted molar refractivity (Wildman–Crippen MR) is 74.2 cm³/mol. The number of benzene rings is 1. The Bertz CT molecular complexity index is 408. The molecule has 1 heterocycles.